The topological polar surface area (TPSA) is 67.4 Å². The fourth-order valence-electron chi connectivity index (χ4n) is 3.05. The summed E-state index contributed by atoms with van der Waals surface area (Å²) in [6.45, 7) is 2.26. The van der Waals surface area contributed by atoms with Crippen LogP contribution in [-0.4, -0.2) is 18.9 Å². The van der Waals surface area contributed by atoms with E-state index in [-0.39, 0.29) is 30.8 Å². The molecule has 3 aromatic rings. The second-order valence-electron chi connectivity index (χ2n) is 6.78. The zero-order valence-corrected chi connectivity index (χ0v) is 16.9. The highest BCUT2D eigenvalue weighted by molar-refractivity contribution is 6.01. The molecule has 5 nitrogen and oxygen atoms in total. The molecule has 0 aliphatic rings. The van der Waals surface area contributed by atoms with Gasteiger partial charge >= 0.3 is 0 Å². The summed E-state index contributed by atoms with van der Waals surface area (Å²) in [7, 11) is 1.55. The summed E-state index contributed by atoms with van der Waals surface area (Å²) in [5.74, 6) is -0.567. The van der Waals surface area contributed by atoms with E-state index in [1.807, 2.05) is 30.3 Å². The number of amides is 2. The normalized spacial score (nSPS) is 10.4. The van der Waals surface area contributed by atoms with Gasteiger partial charge in [-0.2, -0.15) is 0 Å². The first-order chi connectivity index (χ1) is 14.5. The van der Waals surface area contributed by atoms with Gasteiger partial charge < -0.3 is 15.4 Å². The molecule has 2 N–H and O–H groups in total. The molecule has 0 saturated carbocycles. The number of rotatable bonds is 7. The third-order valence-electron chi connectivity index (χ3n) is 4.71. The fraction of sp³-hybridized carbons (Fsp3) is 0.167. The predicted molar refractivity (Wildman–Crippen MR) is 113 cm³/mol. The van der Waals surface area contributed by atoms with E-state index in [1.54, 1.807) is 38.2 Å². The first-order valence-electron chi connectivity index (χ1n) is 9.54. The van der Waals surface area contributed by atoms with Gasteiger partial charge in [-0.1, -0.05) is 42.5 Å². The van der Waals surface area contributed by atoms with E-state index in [2.05, 4.69) is 10.6 Å². The Morgan fingerprint density at radius 1 is 0.867 bits per heavy atom. The summed E-state index contributed by atoms with van der Waals surface area (Å²) < 4.78 is 19.1. The molecule has 0 atom stereocenters. The van der Waals surface area contributed by atoms with E-state index in [0.717, 1.165) is 11.1 Å². The Morgan fingerprint density at radius 3 is 2.20 bits per heavy atom. The van der Waals surface area contributed by atoms with Crippen molar-refractivity contribution in [1.82, 2.24) is 10.6 Å². The molecule has 30 heavy (non-hydrogen) atoms. The number of carbonyl (C=O) groups excluding carboxylic acids is 2. The van der Waals surface area contributed by atoms with Gasteiger partial charge in [0.2, 0.25) is 0 Å². The van der Waals surface area contributed by atoms with Crippen LogP contribution in [0.4, 0.5) is 4.39 Å². The van der Waals surface area contributed by atoms with Crippen molar-refractivity contribution in [3.8, 4) is 5.75 Å². The van der Waals surface area contributed by atoms with Gasteiger partial charge in [-0.15, -0.1) is 0 Å². The fourth-order valence-corrected chi connectivity index (χ4v) is 3.05. The van der Waals surface area contributed by atoms with Crippen molar-refractivity contribution >= 4 is 11.8 Å². The van der Waals surface area contributed by atoms with Crippen molar-refractivity contribution in [1.29, 1.82) is 0 Å². The van der Waals surface area contributed by atoms with E-state index in [1.165, 1.54) is 12.1 Å². The lowest BCUT2D eigenvalue weighted by molar-refractivity contribution is 0.0938. The van der Waals surface area contributed by atoms with Crippen LogP contribution in [0.2, 0.25) is 0 Å². The molecule has 6 heteroatoms. The minimum Gasteiger partial charge on any atom is -0.488 e. The molecule has 0 fully saturated rings. The molecule has 0 spiro atoms. The number of carbonyl (C=O) groups is 2. The highest BCUT2D eigenvalue weighted by Gasteiger charge is 2.20. The van der Waals surface area contributed by atoms with Crippen LogP contribution in [0.15, 0.2) is 66.7 Å². The van der Waals surface area contributed by atoms with Crippen LogP contribution in [0.5, 0.6) is 5.75 Å². The molecular formula is C24H23FN2O3. The molecule has 0 aliphatic heterocycles. The molecule has 0 aliphatic carbocycles. The molecule has 0 bridgehead atoms. The second-order valence-corrected chi connectivity index (χ2v) is 6.78. The molecular weight excluding hydrogens is 383 g/mol. The summed E-state index contributed by atoms with van der Waals surface area (Å²) in [5.41, 5.74) is 3.07. The van der Waals surface area contributed by atoms with Gasteiger partial charge in [-0.05, 0) is 42.3 Å². The highest BCUT2D eigenvalue weighted by atomic mass is 19.1. The Balaban J connectivity index is 1.85. The summed E-state index contributed by atoms with van der Waals surface area (Å²) in [5, 5.41) is 5.42. The van der Waals surface area contributed by atoms with Crippen LogP contribution in [0.25, 0.3) is 0 Å². The van der Waals surface area contributed by atoms with Gasteiger partial charge in [0.25, 0.3) is 11.8 Å². The predicted octanol–water partition coefficient (Wildman–Crippen LogP) is 4.00. The Morgan fingerprint density at radius 2 is 1.53 bits per heavy atom. The number of ether oxygens (including phenoxy) is 1. The minimum absolute atomic E-state index is 0.244. The van der Waals surface area contributed by atoms with Crippen molar-refractivity contribution in [3.05, 3.63) is 100 Å². The van der Waals surface area contributed by atoms with Crippen molar-refractivity contribution in [2.75, 3.05) is 7.05 Å². The van der Waals surface area contributed by atoms with Crippen LogP contribution >= 0.6 is 0 Å². The average molecular weight is 406 g/mol. The SMILES string of the molecule is CNC(=O)c1ccc(C(=O)NCc2ccc(F)cc2)c(OCc2ccccc2)c1C. The van der Waals surface area contributed by atoms with E-state index in [4.69, 9.17) is 4.74 Å². The van der Waals surface area contributed by atoms with Crippen molar-refractivity contribution < 1.29 is 18.7 Å². The quantitative estimate of drug-likeness (QED) is 0.623. The molecule has 0 unspecified atom stereocenters. The maximum absolute atomic E-state index is 13.1. The zero-order valence-electron chi connectivity index (χ0n) is 16.9. The molecule has 3 aromatic carbocycles. The van der Waals surface area contributed by atoms with E-state index in [9.17, 15) is 14.0 Å². The van der Waals surface area contributed by atoms with E-state index < -0.39 is 0 Å². The first kappa shape index (κ1) is 21.0. The molecule has 2 amide bonds. The lowest BCUT2D eigenvalue weighted by Gasteiger charge is -2.17. The van der Waals surface area contributed by atoms with Gasteiger partial charge in [0, 0.05) is 24.7 Å². The van der Waals surface area contributed by atoms with E-state index in [0.29, 0.717) is 22.4 Å². The third-order valence-corrected chi connectivity index (χ3v) is 4.71. The summed E-state index contributed by atoms with van der Waals surface area (Å²) in [6.07, 6.45) is 0. The van der Waals surface area contributed by atoms with Crippen LogP contribution in [0.1, 0.15) is 37.4 Å². The highest BCUT2D eigenvalue weighted by Crippen LogP contribution is 2.28. The second kappa shape index (κ2) is 9.69. The van der Waals surface area contributed by atoms with E-state index >= 15 is 0 Å². The minimum atomic E-state index is -0.339. The monoisotopic (exact) mass is 406 g/mol. The lowest BCUT2D eigenvalue weighted by atomic mass is 10.0. The smallest absolute Gasteiger partial charge is 0.255 e. The maximum Gasteiger partial charge on any atom is 0.255 e. The number of nitrogens with one attached hydrogen (secondary N) is 2. The van der Waals surface area contributed by atoms with Crippen LogP contribution in [0.3, 0.4) is 0 Å². The standard InChI is InChI=1S/C24H23FN2O3/c1-16-20(23(28)26-2)12-13-21(22(16)30-15-18-6-4-3-5-7-18)24(29)27-14-17-8-10-19(25)11-9-17/h3-13H,14-15H2,1-2H3,(H,26,28)(H,27,29). The van der Waals surface area contributed by atoms with Crippen molar-refractivity contribution in [2.45, 2.75) is 20.1 Å². The van der Waals surface area contributed by atoms with Crippen LogP contribution < -0.4 is 15.4 Å². The van der Waals surface area contributed by atoms with Crippen LogP contribution in [0, 0.1) is 12.7 Å². The average Bonchev–Trinajstić information content (AvgIpc) is 2.77. The van der Waals surface area contributed by atoms with Gasteiger partial charge in [0.15, 0.2) is 0 Å². The number of benzene rings is 3. The Hall–Kier alpha value is -3.67. The molecule has 0 saturated heterocycles. The number of hydrogen-bond acceptors (Lipinski definition) is 3. The Kier molecular flexibility index (Phi) is 6.80. The summed E-state index contributed by atoms with van der Waals surface area (Å²) in [6, 6.07) is 18.7. The third kappa shape index (κ3) is 5.03. The first-order valence-corrected chi connectivity index (χ1v) is 9.54. The molecule has 0 heterocycles. The number of halogens is 1. The van der Waals surface area contributed by atoms with Gasteiger partial charge in [0.1, 0.15) is 18.2 Å². The Bertz CT molecular complexity index is 1030. The van der Waals surface area contributed by atoms with Gasteiger partial charge in [-0.3, -0.25) is 9.59 Å². The summed E-state index contributed by atoms with van der Waals surface area (Å²) >= 11 is 0. The van der Waals surface area contributed by atoms with Gasteiger partial charge in [0.05, 0.1) is 5.56 Å². The molecule has 154 valence electrons. The van der Waals surface area contributed by atoms with Crippen molar-refractivity contribution in [2.24, 2.45) is 0 Å². The molecule has 0 aromatic heterocycles. The van der Waals surface area contributed by atoms with Gasteiger partial charge in [-0.25, -0.2) is 4.39 Å². The Labute approximate surface area is 174 Å². The lowest BCUT2D eigenvalue weighted by Crippen LogP contribution is -2.25. The number of hydrogen-bond donors (Lipinski definition) is 2. The largest absolute Gasteiger partial charge is 0.488 e. The van der Waals surface area contributed by atoms with Crippen LogP contribution in [-0.2, 0) is 13.2 Å². The summed E-state index contributed by atoms with van der Waals surface area (Å²) in [4.78, 5) is 25.0. The van der Waals surface area contributed by atoms with Crippen molar-refractivity contribution in [3.63, 3.8) is 0 Å². The maximum atomic E-state index is 13.1. The zero-order chi connectivity index (χ0) is 21.5. The molecule has 0 radical (unpaired) electrons. The molecule has 3 rings (SSSR count).